The lowest BCUT2D eigenvalue weighted by Gasteiger charge is -2.09. The number of hydrogen-bond acceptors (Lipinski definition) is 0. The van der Waals surface area contributed by atoms with E-state index in [1.807, 2.05) is 19.1 Å². The van der Waals surface area contributed by atoms with Gasteiger partial charge in [0.1, 0.15) is 0 Å². The molecule has 0 unspecified atom stereocenters. The van der Waals surface area contributed by atoms with Crippen LogP contribution in [-0.2, 0) is 0 Å². The van der Waals surface area contributed by atoms with Gasteiger partial charge in [0.05, 0.1) is 0 Å². The highest BCUT2D eigenvalue weighted by Crippen LogP contribution is 2.20. The maximum Gasteiger partial charge on any atom is 0.0309 e. The van der Waals surface area contributed by atoms with E-state index in [2.05, 4.69) is 25.8 Å². The predicted octanol–water partition coefficient (Wildman–Crippen LogP) is 2.94. The first-order valence-corrected chi connectivity index (χ1v) is 4.03. The average Bonchev–Trinajstić information content (AvgIpc) is 2.03. The third-order valence-corrected chi connectivity index (χ3v) is 1.96. The van der Waals surface area contributed by atoms with Crippen LogP contribution in [0.5, 0.6) is 0 Å². The summed E-state index contributed by atoms with van der Waals surface area (Å²) >= 11 is 0. The molecular weight excluding hydrogens is 144 g/mol. The van der Waals surface area contributed by atoms with Crippen molar-refractivity contribution in [2.45, 2.75) is 20.8 Å². The van der Waals surface area contributed by atoms with Crippen LogP contribution in [0.2, 0.25) is 0 Å². The Hall–Kier alpha value is -1.22. The van der Waals surface area contributed by atoms with Crippen LogP contribution < -0.4 is 0 Å². The second kappa shape index (κ2) is 3.45. The Balaban J connectivity index is 3.30. The number of terminal acetylenes is 1. The topological polar surface area (TPSA) is 0 Å². The Morgan fingerprint density at radius 3 is 2.42 bits per heavy atom. The molecule has 0 aliphatic carbocycles. The van der Waals surface area contributed by atoms with Gasteiger partial charge in [0, 0.05) is 11.5 Å². The van der Waals surface area contributed by atoms with Crippen molar-refractivity contribution in [2.24, 2.45) is 0 Å². The molecule has 0 saturated heterocycles. The van der Waals surface area contributed by atoms with Gasteiger partial charge in [-0.15, -0.1) is 6.42 Å². The molecule has 0 N–H and O–H groups in total. The fourth-order valence-corrected chi connectivity index (χ4v) is 1.28. The van der Waals surface area contributed by atoms with Crippen LogP contribution in [0.1, 0.15) is 30.5 Å². The summed E-state index contributed by atoms with van der Waals surface area (Å²) in [7, 11) is 0. The Labute approximate surface area is 74.6 Å². The van der Waals surface area contributed by atoms with Crippen LogP contribution >= 0.6 is 0 Å². The summed E-state index contributed by atoms with van der Waals surface area (Å²) in [6.07, 6.45) is 5.43. The summed E-state index contributed by atoms with van der Waals surface area (Å²) < 4.78 is 0. The quantitative estimate of drug-likeness (QED) is 0.550. The Bertz CT molecular complexity index is 313. The summed E-state index contributed by atoms with van der Waals surface area (Å²) in [5.41, 5.74) is 3.39. The van der Waals surface area contributed by atoms with E-state index in [9.17, 15) is 0 Å². The molecule has 0 nitrogen and oxygen atoms in total. The molecule has 0 amide bonds. The highest BCUT2D eigenvalue weighted by molar-refractivity contribution is 5.50. The van der Waals surface area contributed by atoms with E-state index in [1.165, 1.54) is 17.0 Å². The van der Waals surface area contributed by atoms with Crippen LogP contribution in [0.4, 0.5) is 0 Å². The molecule has 61 valence electrons. The molecule has 0 heteroatoms. The van der Waals surface area contributed by atoms with Crippen molar-refractivity contribution in [3.05, 3.63) is 40.8 Å². The maximum atomic E-state index is 5.43. The number of aryl methyl sites for hydroxylation is 1. The number of rotatable bonds is 1. The lowest BCUT2D eigenvalue weighted by molar-refractivity contribution is 1.13. The molecule has 1 aromatic carbocycles. The van der Waals surface area contributed by atoms with Crippen molar-refractivity contribution in [1.82, 2.24) is 0 Å². The molecule has 0 spiro atoms. The van der Waals surface area contributed by atoms with Gasteiger partial charge in [-0.25, -0.2) is 0 Å². The molecule has 0 aromatic heterocycles. The van der Waals surface area contributed by atoms with Crippen molar-refractivity contribution < 1.29 is 0 Å². The minimum absolute atomic E-state index is 1.03. The first-order chi connectivity index (χ1) is 5.66. The van der Waals surface area contributed by atoms with Gasteiger partial charge in [-0.1, -0.05) is 38.0 Å². The lowest BCUT2D eigenvalue weighted by Crippen LogP contribution is -1.95. The third-order valence-electron chi connectivity index (χ3n) is 1.96. The van der Waals surface area contributed by atoms with Crippen LogP contribution in [0, 0.1) is 25.2 Å². The highest BCUT2D eigenvalue weighted by Gasteiger charge is 2.05. The molecular formula is C12H13. The van der Waals surface area contributed by atoms with E-state index < -0.39 is 0 Å². The Morgan fingerprint density at radius 1 is 1.33 bits per heavy atom. The zero-order chi connectivity index (χ0) is 9.14. The minimum Gasteiger partial charge on any atom is -0.115 e. The summed E-state index contributed by atoms with van der Waals surface area (Å²) in [5, 5.41) is 0. The second-order valence-corrected chi connectivity index (χ2v) is 3.14. The third kappa shape index (κ3) is 1.51. The largest absolute Gasteiger partial charge is 0.115 e. The Kier molecular flexibility index (Phi) is 2.55. The highest BCUT2D eigenvalue weighted by atomic mass is 14.1. The Morgan fingerprint density at radius 2 is 2.00 bits per heavy atom. The molecule has 1 rings (SSSR count). The fourth-order valence-electron chi connectivity index (χ4n) is 1.28. The van der Waals surface area contributed by atoms with E-state index in [-0.39, 0.29) is 0 Å². The molecule has 0 aliphatic heterocycles. The van der Waals surface area contributed by atoms with E-state index in [1.54, 1.807) is 0 Å². The molecule has 0 saturated carbocycles. The van der Waals surface area contributed by atoms with Crippen molar-refractivity contribution in [3.8, 4) is 12.3 Å². The van der Waals surface area contributed by atoms with Crippen LogP contribution in [0.15, 0.2) is 18.2 Å². The molecule has 1 aromatic rings. The van der Waals surface area contributed by atoms with Gasteiger partial charge in [-0.05, 0) is 18.1 Å². The monoisotopic (exact) mass is 157 g/mol. The molecule has 0 atom stereocenters. The number of benzene rings is 1. The van der Waals surface area contributed by atoms with Gasteiger partial charge in [0.2, 0.25) is 0 Å². The van der Waals surface area contributed by atoms with Crippen molar-refractivity contribution in [2.75, 3.05) is 0 Å². The normalized spacial score (nSPS) is 9.92. The lowest BCUT2D eigenvalue weighted by atomic mass is 9.94. The minimum atomic E-state index is 1.03. The zero-order valence-electron chi connectivity index (χ0n) is 7.81. The van der Waals surface area contributed by atoms with Crippen LogP contribution in [-0.4, -0.2) is 0 Å². The molecule has 0 fully saturated rings. The standard InChI is InChI=1S/C12H13/c1-5-11-10(4)7-6-8-12(11)9(2)3/h1,6-8H,2-4H3. The second-order valence-electron chi connectivity index (χ2n) is 3.14. The smallest absolute Gasteiger partial charge is 0.0309 e. The zero-order valence-corrected chi connectivity index (χ0v) is 7.81. The molecule has 0 heterocycles. The summed E-state index contributed by atoms with van der Waals surface area (Å²) in [4.78, 5) is 0. The van der Waals surface area contributed by atoms with Gasteiger partial charge in [0.15, 0.2) is 0 Å². The first-order valence-electron chi connectivity index (χ1n) is 4.03. The fraction of sp³-hybridized carbons (Fsp3) is 0.250. The van der Waals surface area contributed by atoms with E-state index in [0.29, 0.717) is 0 Å². The van der Waals surface area contributed by atoms with Crippen LogP contribution in [0.25, 0.3) is 0 Å². The van der Waals surface area contributed by atoms with E-state index in [0.717, 1.165) is 5.56 Å². The molecule has 0 aliphatic rings. The predicted molar refractivity (Wildman–Crippen MR) is 52.8 cm³/mol. The molecule has 0 bridgehead atoms. The van der Waals surface area contributed by atoms with Crippen molar-refractivity contribution in [3.63, 3.8) is 0 Å². The van der Waals surface area contributed by atoms with E-state index >= 15 is 0 Å². The first kappa shape index (κ1) is 8.87. The van der Waals surface area contributed by atoms with Gasteiger partial charge < -0.3 is 0 Å². The molecule has 1 radical (unpaired) electrons. The maximum absolute atomic E-state index is 5.43. The van der Waals surface area contributed by atoms with Crippen LogP contribution in [0.3, 0.4) is 0 Å². The van der Waals surface area contributed by atoms with Crippen molar-refractivity contribution >= 4 is 0 Å². The average molecular weight is 157 g/mol. The van der Waals surface area contributed by atoms with Gasteiger partial charge in [-0.3, -0.25) is 0 Å². The summed E-state index contributed by atoms with van der Waals surface area (Å²) in [6.45, 7) is 6.20. The van der Waals surface area contributed by atoms with Crippen molar-refractivity contribution in [1.29, 1.82) is 0 Å². The van der Waals surface area contributed by atoms with Gasteiger partial charge in [0.25, 0.3) is 0 Å². The van der Waals surface area contributed by atoms with E-state index in [4.69, 9.17) is 6.42 Å². The summed E-state index contributed by atoms with van der Waals surface area (Å²) in [5.74, 6) is 3.99. The summed E-state index contributed by atoms with van der Waals surface area (Å²) in [6, 6.07) is 6.15. The van der Waals surface area contributed by atoms with Gasteiger partial charge in [-0.2, -0.15) is 0 Å². The van der Waals surface area contributed by atoms with Gasteiger partial charge >= 0.3 is 0 Å². The SMILES string of the molecule is C#Cc1c(C)cccc1[C](C)C. The molecule has 12 heavy (non-hydrogen) atoms. The number of hydrogen-bond donors (Lipinski definition) is 0.